The van der Waals surface area contributed by atoms with Gasteiger partial charge < -0.3 is 10.1 Å². The molecule has 7 heteroatoms. The number of hydrogen-bond donors (Lipinski definition) is 1. The van der Waals surface area contributed by atoms with E-state index in [1.54, 1.807) is 18.2 Å². The van der Waals surface area contributed by atoms with E-state index in [2.05, 4.69) is 20.0 Å². The van der Waals surface area contributed by atoms with Crippen molar-refractivity contribution < 1.29 is 9.53 Å². The number of benzene rings is 1. The van der Waals surface area contributed by atoms with E-state index in [0.717, 1.165) is 5.56 Å². The molecule has 110 valence electrons. The predicted octanol–water partition coefficient (Wildman–Crippen LogP) is 3.74. The van der Waals surface area contributed by atoms with Crippen molar-refractivity contribution in [3.63, 3.8) is 0 Å². The second-order valence-electron chi connectivity index (χ2n) is 4.29. The van der Waals surface area contributed by atoms with Crippen LogP contribution in [0.1, 0.15) is 29.1 Å². The van der Waals surface area contributed by atoms with Crippen LogP contribution in [0, 0.1) is 0 Å². The first-order valence-corrected chi connectivity index (χ1v) is 6.89. The SMILES string of the molecule is COC(=O)c1nccc(NC(C)c2ccc(Cl)cc2Cl)n1. The Morgan fingerprint density at radius 3 is 2.76 bits per heavy atom. The number of methoxy groups -OCH3 is 1. The first-order valence-electron chi connectivity index (χ1n) is 6.14. The Labute approximate surface area is 132 Å². The van der Waals surface area contributed by atoms with Gasteiger partial charge in [0.05, 0.1) is 13.2 Å². The van der Waals surface area contributed by atoms with Gasteiger partial charge in [-0.2, -0.15) is 0 Å². The van der Waals surface area contributed by atoms with E-state index in [0.29, 0.717) is 15.9 Å². The summed E-state index contributed by atoms with van der Waals surface area (Å²) in [7, 11) is 1.28. The highest BCUT2D eigenvalue weighted by atomic mass is 35.5. The smallest absolute Gasteiger partial charge is 0.376 e. The lowest BCUT2D eigenvalue weighted by molar-refractivity contribution is 0.0587. The molecule has 1 unspecified atom stereocenters. The summed E-state index contributed by atoms with van der Waals surface area (Å²) in [5.41, 5.74) is 0.874. The fraction of sp³-hybridized carbons (Fsp3) is 0.214. The molecule has 1 N–H and O–H groups in total. The molecule has 0 aliphatic carbocycles. The van der Waals surface area contributed by atoms with Crippen LogP contribution in [0.15, 0.2) is 30.5 Å². The molecule has 0 aliphatic heterocycles. The van der Waals surface area contributed by atoms with E-state index in [9.17, 15) is 4.79 Å². The first kappa shape index (κ1) is 15.5. The van der Waals surface area contributed by atoms with Crippen LogP contribution in [-0.2, 0) is 4.74 Å². The third-order valence-corrected chi connectivity index (χ3v) is 3.38. The summed E-state index contributed by atoms with van der Waals surface area (Å²) in [6.07, 6.45) is 1.48. The van der Waals surface area contributed by atoms with Gasteiger partial charge in [-0.1, -0.05) is 29.3 Å². The molecule has 1 atom stereocenters. The number of nitrogens with zero attached hydrogens (tertiary/aromatic N) is 2. The first-order chi connectivity index (χ1) is 10.0. The average Bonchev–Trinajstić information content (AvgIpc) is 2.46. The third kappa shape index (κ3) is 3.83. The van der Waals surface area contributed by atoms with E-state index in [1.807, 2.05) is 13.0 Å². The maximum absolute atomic E-state index is 11.4. The Hall–Kier alpha value is -1.85. The van der Waals surface area contributed by atoms with Crippen molar-refractivity contribution in [2.24, 2.45) is 0 Å². The highest BCUT2D eigenvalue weighted by Gasteiger charge is 2.13. The number of carbonyl (C=O) groups is 1. The fourth-order valence-corrected chi connectivity index (χ4v) is 2.35. The molecule has 0 saturated heterocycles. The van der Waals surface area contributed by atoms with Crippen molar-refractivity contribution in [3.05, 3.63) is 51.9 Å². The molecule has 21 heavy (non-hydrogen) atoms. The monoisotopic (exact) mass is 325 g/mol. The Balaban J connectivity index is 2.19. The third-order valence-electron chi connectivity index (χ3n) is 2.82. The number of rotatable bonds is 4. The molecule has 1 heterocycles. The van der Waals surface area contributed by atoms with Crippen molar-refractivity contribution >= 4 is 35.0 Å². The number of ether oxygens (including phenoxy) is 1. The standard InChI is InChI=1S/C14H13Cl2N3O2/c1-8(10-4-3-9(15)7-11(10)16)18-12-5-6-17-13(19-12)14(20)21-2/h3-8H,1-2H3,(H,17,18,19). The Morgan fingerprint density at radius 2 is 2.10 bits per heavy atom. The molecule has 0 aliphatic rings. The average molecular weight is 326 g/mol. The molecular formula is C14H13Cl2N3O2. The summed E-state index contributed by atoms with van der Waals surface area (Å²) in [6, 6.07) is 6.82. The van der Waals surface area contributed by atoms with E-state index < -0.39 is 5.97 Å². The van der Waals surface area contributed by atoms with Gasteiger partial charge in [0.15, 0.2) is 0 Å². The lowest BCUT2D eigenvalue weighted by Gasteiger charge is -2.16. The van der Waals surface area contributed by atoms with Crippen molar-refractivity contribution in [1.82, 2.24) is 9.97 Å². The predicted molar refractivity (Wildman–Crippen MR) is 81.9 cm³/mol. The van der Waals surface area contributed by atoms with Crippen LogP contribution in [0.2, 0.25) is 10.0 Å². The van der Waals surface area contributed by atoms with Gasteiger partial charge in [-0.25, -0.2) is 14.8 Å². The van der Waals surface area contributed by atoms with Crippen molar-refractivity contribution in [3.8, 4) is 0 Å². The molecule has 0 radical (unpaired) electrons. The highest BCUT2D eigenvalue weighted by molar-refractivity contribution is 6.35. The van der Waals surface area contributed by atoms with Gasteiger partial charge in [-0.15, -0.1) is 0 Å². The molecular weight excluding hydrogens is 313 g/mol. The van der Waals surface area contributed by atoms with Gasteiger partial charge in [0, 0.05) is 16.2 Å². The molecule has 0 spiro atoms. The molecule has 1 aromatic carbocycles. The number of nitrogens with one attached hydrogen (secondary N) is 1. The van der Waals surface area contributed by atoms with Gasteiger partial charge in [0.1, 0.15) is 5.82 Å². The van der Waals surface area contributed by atoms with Crippen molar-refractivity contribution in [1.29, 1.82) is 0 Å². The molecule has 2 rings (SSSR count). The van der Waals surface area contributed by atoms with Crippen LogP contribution in [0.5, 0.6) is 0 Å². The fourth-order valence-electron chi connectivity index (χ4n) is 1.78. The summed E-state index contributed by atoms with van der Waals surface area (Å²) in [4.78, 5) is 19.3. The molecule has 0 fully saturated rings. The molecule has 1 aromatic heterocycles. The summed E-state index contributed by atoms with van der Waals surface area (Å²) < 4.78 is 4.59. The van der Waals surface area contributed by atoms with E-state index >= 15 is 0 Å². The molecule has 5 nitrogen and oxygen atoms in total. The quantitative estimate of drug-likeness (QED) is 0.867. The van der Waals surface area contributed by atoms with Gasteiger partial charge in [0.2, 0.25) is 5.82 Å². The van der Waals surface area contributed by atoms with E-state index in [-0.39, 0.29) is 11.9 Å². The Bertz CT molecular complexity index is 664. The minimum Gasteiger partial charge on any atom is -0.463 e. The Morgan fingerprint density at radius 1 is 1.33 bits per heavy atom. The van der Waals surface area contributed by atoms with Gasteiger partial charge in [-0.3, -0.25) is 0 Å². The topological polar surface area (TPSA) is 64.1 Å². The van der Waals surface area contributed by atoms with Crippen LogP contribution in [0.4, 0.5) is 5.82 Å². The number of anilines is 1. The largest absolute Gasteiger partial charge is 0.463 e. The zero-order valence-electron chi connectivity index (χ0n) is 11.4. The Kier molecular flexibility index (Phi) is 4.98. The number of hydrogen-bond acceptors (Lipinski definition) is 5. The molecule has 0 amide bonds. The van der Waals surface area contributed by atoms with Crippen LogP contribution in [0.25, 0.3) is 0 Å². The minimum atomic E-state index is -0.587. The van der Waals surface area contributed by atoms with Gasteiger partial charge in [-0.05, 0) is 30.7 Å². The maximum Gasteiger partial charge on any atom is 0.376 e. The second-order valence-corrected chi connectivity index (χ2v) is 5.13. The number of esters is 1. The summed E-state index contributed by atoms with van der Waals surface area (Å²) in [6.45, 7) is 1.93. The number of carbonyl (C=O) groups excluding carboxylic acids is 1. The van der Waals surface area contributed by atoms with Crippen LogP contribution in [-0.4, -0.2) is 23.0 Å². The zero-order valence-corrected chi connectivity index (χ0v) is 12.9. The summed E-state index contributed by atoms with van der Waals surface area (Å²) in [5, 5.41) is 4.29. The summed E-state index contributed by atoms with van der Waals surface area (Å²) in [5.74, 6) is -0.0864. The molecule has 2 aromatic rings. The van der Waals surface area contributed by atoms with Crippen LogP contribution >= 0.6 is 23.2 Å². The normalized spacial score (nSPS) is 11.8. The minimum absolute atomic E-state index is 0.00287. The van der Waals surface area contributed by atoms with Gasteiger partial charge >= 0.3 is 5.97 Å². The number of aromatic nitrogens is 2. The lowest BCUT2D eigenvalue weighted by atomic mass is 10.1. The van der Waals surface area contributed by atoms with Crippen molar-refractivity contribution in [2.75, 3.05) is 12.4 Å². The zero-order chi connectivity index (χ0) is 15.4. The van der Waals surface area contributed by atoms with E-state index in [1.165, 1.54) is 13.3 Å². The van der Waals surface area contributed by atoms with Crippen LogP contribution < -0.4 is 5.32 Å². The van der Waals surface area contributed by atoms with E-state index in [4.69, 9.17) is 23.2 Å². The highest BCUT2D eigenvalue weighted by Crippen LogP contribution is 2.27. The molecule has 0 bridgehead atoms. The maximum atomic E-state index is 11.4. The van der Waals surface area contributed by atoms with Gasteiger partial charge in [0.25, 0.3) is 0 Å². The lowest BCUT2D eigenvalue weighted by Crippen LogP contribution is -2.12. The molecule has 0 saturated carbocycles. The number of halogens is 2. The second kappa shape index (κ2) is 6.74. The van der Waals surface area contributed by atoms with Crippen LogP contribution in [0.3, 0.4) is 0 Å². The summed E-state index contributed by atoms with van der Waals surface area (Å²) >= 11 is 12.0. The van der Waals surface area contributed by atoms with Crippen molar-refractivity contribution in [2.45, 2.75) is 13.0 Å².